The van der Waals surface area contributed by atoms with Crippen molar-refractivity contribution in [2.75, 3.05) is 0 Å². The molecule has 3 nitrogen and oxygen atoms in total. The molecule has 1 unspecified atom stereocenters. The zero-order valence-corrected chi connectivity index (χ0v) is 11.9. The third kappa shape index (κ3) is 2.86. The smallest absolute Gasteiger partial charge is 0.150 e. The van der Waals surface area contributed by atoms with E-state index in [1.165, 1.54) is 12.1 Å². The second-order valence-corrected chi connectivity index (χ2v) is 5.60. The number of imidazole rings is 1. The Balaban J connectivity index is 1.85. The first-order chi connectivity index (χ1) is 10.1. The first-order valence-corrected chi connectivity index (χ1v) is 7.28. The summed E-state index contributed by atoms with van der Waals surface area (Å²) < 4.78 is 28.6. The minimum Gasteiger partial charge on any atom is -0.328 e. The van der Waals surface area contributed by atoms with Crippen LogP contribution in [0.15, 0.2) is 48.1 Å². The molecule has 6 heteroatoms. The predicted molar refractivity (Wildman–Crippen MR) is 78.8 cm³/mol. The summed E-state index contributed by atoms with van der Waals surface area (Å²) in [6, 6.07) is 6.79. The number of nitrogens with zero attached hydrogens (tertiary/aromatic N) is 2. The monoisotopic (exact) mass is 305 g/mol. The molecule has 0 aliphatic heterocycles. The maximum absolute atomic E-state index is 13.8. The molecule has 2 N–H and O–H groups in total. The predicted octanol–water partition coefficient (Wildman–Crippen LogP) is 3.59. The van der Waals surface area contributed by atoms with E-state index in [-0.39, 0.29) is 0 Å². The molecule has 1 aromatic carbocycles. The van der Waals surface area contributed by atoms with Crippen molar-refractivity contribution < 1.29 is 8.78 Å². The van der Waals surface area contributed by atoms with E-state index in [9.17, 15) is 8.78 Å². The van der Waals surface area contributed by atoms with Crippen molar-refractivity contribution >= 4 is 11.3 Å². The number of rotatable bonds is 4. The van der Waals surface area contributed by atoms with Crippen LogP contribution in [0.25, 0.3) is 10.7 Å². The van der Waals surface area contributed by atoms with Crippen LogP contribution in [0.3, 0.4) is 0 Å². The van der Waals surface area contributed by atoms with Crippen LogP contribution in [0.2, 0.25) is 0 Å². The Bertz CT molecular complexity index is 737. The van der Waals surface area contributed by atoms with Crippen LogP contribution in [0.4, 0.5) is 8.78 Å². The van der Waals surface area contributed by atoms with Crippen molar-refractivity contribution in [2.24, 2.45) is 5.73 Å². The van der Waals surface area contributed by atoms with Gasteiger partial charge in [-0.2, -0.15) is 0 Å². The maximum Gasteiger partial charge on any atom is 0.150 e. The van der Waals surface area contributed by atoms with Gasteiger partial charge in [-0.1, -0.05) is 12.1 Å². The first kappa shape index (κ1) is 13.9. The lowest BCUT2D eigenvalue weighted by atomic mass is 10.1. The van der Waals surface area contributed by atoms with Gasteiger partial charge < -0.3 is 10.3 Å². The van der Waals surface area contributed by atoms with Crippen molar-refractivity contribution in [3.8, 4) is 10.7 Å². The molecule has 2 heterocycles. The Hall–Kier alpha value is -2.05. The lowest BCUT2D eigenvalue weighted by molar-refractivity contribution is 0.523. The lowest BCUT2D eigenvalue weighted by Gasteiger charge is -2.15. The fourth-order valence-corrected chi connectivity index (χ4v) is 2.94. The minimum atomic E-state index is -0.625. The summed E-state index contributed by atoms with van der Waals surface area (Å²) in [6.45, 7) is 0.371. The molecule has 1 atom stereocenters. The molecule has 0 aliphatic carbocycles. The summed E-state index contributed by atoms with van der Waals surface area (Å²) in [5, 5.41) is 1.97. The van der Waals surface area contributed by atoms with Gasteiger partial charge in [0, 0.05) is 30.6 Å². The molecule has 2 aromatic heterocycles. The van der Waals surface area contributed by atoms with Crippen LogP contribution < -0.4 is 5.73 Å². The number of halogens is 2. The molecule has 0 radical (unpaired) electrons. The third-order valence-corrected chi connectivity index (χ3v) is 4.08. The van der Waals surface area contributed by atoms with Crippen molar-refractivity contribution in [3.05, 3.63) is 65.3 Å². The van der Waals surface area contributed by atoms with Gasteiger partial charge in [0.2, 0.25) is 0 Å². The van der Waals surface area contributed by atoms with Crippen LogP contribution in [0.5, 0.6) is 0 Å². The molecule has 0 saturated heterocycles. The number of nitrogens with two attached hydrogens (primary N) is 1. The van der Waals surface area contributed by atoms with E-state index >= 15 is 0 Å². The Kier molecular flexibility index (Phi) is 3.81. The molecule has 0 fully saturated rings. The largest absolute Gasteiger partial charge is 0.328 e. The summed E-state index contributed by atoms with van der Waals surface area (Å²) in [4.78, 5) is 5.33. The second-order valence-electron chi connectivity index (χ2n) is 4.65. The second kappa shape index (κ2) is 5.75. The number of hydrogen-bond donors (Lipinski definition) is 1. The van der Waals surface area contributed by atoms with Crippen LogP contribution in [-0.4, -0.2) is 9.55 Å². The van der Waals surface area contributed by atoms with Crippen LogP contribution in [-0.2, 0) is 6.54 Å². The van der Waals surface area contributed by atoms with Crippen molar-refractivity contribution in [1.29, 1.82) is 0 Å². The van der Waals surface area contributed by atoms with E-state index in [0.29, 0.717) is 12.1 Å². The summed E-state index contributed by atoms with van der Waals surface area (Å²) in [5.74, 6) is -0.436. The number of aromatic nitrogens is 2. The Morgan fingerprint density at radius 1 is 1.29 bits per heavy atom. The zero-order valence-electron chi connectivity index (χ0n) is 11.0. The van der Waals surface area contributed by atoms with E-state index in [0.717, 1.165) is 16.8 Å². The van der Waals surface area contributed by atoms with Gasteiger partial charge >= 0.3 is 0 Å². The summed E-state index contributed by atoms with van der Waals surface area (Å²) >= 11 is 1.58. The van der Waals surface area contributed by atoms with Gasteiger partial charge in [-0.15, -0.1) is 11.3 Å². The quantitative estimate of drug-likeness (QED) is 0.800. The van der Waals surface area contributed by atoms with E-state index < -0.39 is 17.7 Å². The number of thiophene rings is 1. The molecule has 108 valence electrons. The average molecular weight is 305 g/mol. The molecule has 0 spiro atoms. The molecule has 0 bridgehead atoms. The molecular formula is C15H13F2N3S. The zero-order chi connectivity index (χ0) is 14.8. The molecule has 3 rings (SSSR count). The molecular weight excluding hydrogens is 292 g/mol. The van der Waals surface area contributed by atoms with Gasteiger partial charge in [-0.05, 0) is 17.5 Å². The maximum atomic E-state index is 13.8. The van der Waals surface area contributed by atoms with E-state index in [1.54, 1.807) is 23.7 Å². The van der Waals surface area contributed by atoms with Gasteiger partial charge in [0.05, 0.1) is 10.9 Å². The van der Waals surface area contributed by atoms with Gasteiger partial charge in [-0.25, -0.2) is 13.8 Å². The highest BCUT2D eigenvalue weighted by Gasteiger charge is 2.15. The highest BCUT2D eigenvalue weighted by molar-refractivity contribution is 7.13. The number of benzene rings is 1. The highest BCUT2D eigenvalue weighted by atomic mass is 32.1. The normalized spacial score (nSPS) is 12.5. The fourth-order valence-electron chi connectivity index (χ4n) is 2.20. The molecule has 21 heavy (non-hydrogen) atoms. The third-order valence-electron chi connectivity index (χ3n) is 3.21. The lowest BCUT2D eigenvalue weighted by Crippen LogP contribution is -2.19. The van der Waals surface area contributed by atoms with E-state index in [1.807, 2.05) is 22.1 Å². The SMILES string of the molecule is NC(Cn1ccnc1-c1cccs1)c1ccc(F)cc1F. The fraction of sp³-hybridized carbons (Fsp3) is 0.133. The molecule has 0 amide bonds. The number of hydrogen-bond acceptors (Lipinski definition) is 3. The van der Waals surface area contributed by atoms with E-state index in [4.69, 9.17) is 5.73 Å². The minimum absolute atomic E-state index is 0.294. The molecule has 0 saturated carbocycles. The van der Waals surface area contributed by atoms with Crippen LogP contribution >= 0.6 is 11.3 Å². The summed E-state index contributed by atoms with van der Waals surface area (Å²) in [7, 11) is 0. The molecule has 0 aliphatic rings. The van der Waals surface area contributed by atoms with Crippen molar-refractivity contribution in [1.82, 2.24) is 9.55 Å². The standard InChI is InChI=1S/C15H13F2N3S/c16-10-3-4-11(12(17)8-10)13(18)9-20-6-5-19-15(20)14-2-1-7-21-14/h1-8,13H,9,18H2. The molecule has 3 aromatic rings. The van der Waals surface area contributed by atoms with Gasteiger partial charge in [0.15, 0.2) is 0 Å². The van der Waals surface area contributed by atoms with Crippen LogP contribution in [0, 0.1) is 11.6 Å². The average Bonchev–Trinajstić information content (AvgIpc) is 3.08. The van der Waals surface area contributed by atoms with Crippen LogP contribution in [0.1, 0.15) is 11.6 Å². The summed E-state index contributed by atoms with van der Waals surface area (Å²) in [6.07, 6.45) is 3.49. The summed E-state index contributed by atoms with van der Waals surface area (Å²) in [5.41, 5.74) is 6.35. The Morgan fingerprint density at radius 2 is 2.14 bits per heavy atom. The first-order valence-electron chi connectivity index (χ1n) is 6.40. The Labute approximate surface area is 124 Å². The van der Waals surface area contributed by atoms with Gasteiger partial charge in [0.1, 0.15) is 17.5 Å². The van der Waals surface area contributed by atoms with E-state index in [2.05, 4.69) is 4.98 Å². The van der Waals surface area contributed by atoms with Crippen molar-refractivity contribution in [3.63, 3.8) is 0 Å². The van der Waals surface area contributed by atoms with Gasteiger partial charge in [-0.3, -0.25) is 0 Å². The Morgan fingerprint density at radius 3 is 2.86 bits per heavy atom. The van der Waals surface area contributed by atoms with Gasteiger partial charge in [0.25, 0.3) is 0 Å². The highest BCUT2D eigenvalue weighted by Crippen LogP contribution is 2.25. The van der Waals surface area contributed by atoms with Crippen molar-refractivity contribution in [2.45, 2.75) is 12.6 Å². The topological polar surface area (TPSA) is 43.8 Å².